The van der Waals surface area contributed by atoms with Crippen molar-refractivity contribution in [3.05, 3.63) is 35.9 Å². The smallest absolute Gasteiger partial charge is 0.408 e. The first-order valence-corrected chi connectivity index (χ1v) is 8.94. The minimum Gasteiger partial charge on any atom is -0.469 e. The van der Waals surface area contributed by atoms with Gasteiger partial charge in [-0.3, -0.25) is 4.79 Å². The van der Waals surface area contributed by atoms with Gasteiger partial charge in [0.15, 0.2) is 0 Å². The van der Waals surface area contributed by atoms with Crippen molar-refractivity contribution in [2.24, 2.45) is 5.92 Å². The highest BCUT2D eigenvalue weighted by molar-refractivity contribution is 5.82. The molecule has 150 valence electrons. The Morgan fingerprint density at radius 2 is 1.70 bits per heavy atom. The van der Waals surface area contributed by atoms with E-state index in [-0.39, 0.29) is 13.0 Å². The Labute approximate surface area is 160 Å². The SMILES string of the molecule is CCC(CC(NC(=O)OC(C)(C)C)C(=O)OCc1ccccc1)C(=O)OC. The first-order chi connectivity index (χ1) is 12.7. The highest BCUT2D eigenvalue weighted by Crippen LogP contribution is 2.16. The van der Waals surface area contributed by atoms with Crippen LogP contribution in [0.5, 0.6) is 0 Å². The summed E-state index contributed by atoms with van der Waals surface area (Å²) in [4.78, 5) is 36.5. The maximum atomic E-state index is 12.5. The molecule has 7 nitrogen and oxygen atoms in total. The molecule has 1 rings (SSSR count). The Hall–Kier alpha value is -2.57. The summed E-state index contributed by atoms with van der Waals surface area (Å²) in [6.07, 6.45) is -0.217. The normalized spacial score (nSPS) is 13.2. The summed E-state index contributed by atoms with van der Waals surface area (Å²) < 4.78 is 15.3. The molecule has 27 heavy (non-hydrogen) atoms. The minimum absolute atomic E-state index is 0.0655. The molecule has 0 fully saturated rings. The molecule has 0 heterocycles. The van der Waals surface area contributed by atoms with Crippen LogP contribution in [0.4, 0.5) is 4.79 Å². The van der Waals surface area contributed by atoms with Crippen LogP contribution >= 0.6 is 0 Å². The van der Waals surface area contributed by atoms with Gasteiger partial charge >= 0.3 is 18.0 Å². The predicted molar refractivity (Wildman–Crippen MR) is 99.8 cm³/mol. The second-order valence-corrected chi connectivity index (χ2v) is 7.16. The molecule has 2 atom stereocenters. The van der Waals surface area contributed by atoms with E-state index in [1.165, 1.54) is 7.11 Å². The average molecular weight is 379 g/mol. The van der Waals surface area contributed by atoms with Crippen LogP contribution in [0.25, 0.3) is 0 Å². The number of hydrogen-bond acceptors (Lipinski definition) is 6. The highest BCUT2D eigenvalue weighted by Gasteiger charge is 2.31. The van der Waals surface area contributed by atoms with Crippen molar-refractivity contribution in [1.82, 2.24) is 5.32 Å². The average Bonchev–Trinajstić information content (AvgIpc) is 2.61. The van der Waals surface area contributed by atoms with Gasteiger partial charge in [0, 0.05) is 0 Å². The van der Waals surface area contributed by atoms with Gasteiger partial charge in [-0.25, -0.2) is 9.59 Å². The summed E-state index contributed by atoms with van der Waals surface area (Å²) in [5.41, 5.74) is 0.108. The molecular weight excluding hydrogens is 350 g/mol. The van der Waals surface area contributed by atoms with Crippen molar-refractivity contribution < 1.29 is 28.6 Å². The molecule has 0 saturated carbocycles. The van der Waals surface area contributed by atoms with Gasteiger partial charge in [-0.15, -0.1) is 0 Å². The second kappa shape index (κ2) is 10.5. The van der Waals surface area contributed by atoms with E-state index in [1.807, 2.05) is 30.3 Å². The fourth-order valence-electron chi connectivity index (χ4n) is 2.37. The second-order valence-electron chi connectivity index (χ2n) is 7.16. The Morgan fingerprint density at radius 3 is 2.22 bits per heavy atom. The number of rotatable bonds is 8. The molecule has 0 saturated heterocycles. The minimum atomic E-state index is -1.02. The molecule has 0 aliphatic carbocycles. The molecule has 7 heteroatoms. The van der Waals surface area contributed by atoms with Crippen molar-refractivity contribution in [3.8, 4) is 0 Å². The number of amides is 1. The van der Waals surface area contributed by atoms with E-state index in [0.717, 1.165) is 5.56 Å². The zero-order chi connectivity index (χ0) is 20.4. The lowest BCUT2D eigenvalue weighted by Gasteiger charge is -2.24. The van der Waals surface area contributed by atoms with E-state index in [2.05, 4.69) is 5.32 Å². The highest BCUT2D eigenvalue weighted by atomic mass is 16.6. The predicted octanol–water partition coefficient (Wildman–Crippen LogP) is 3.21. The maximum absolute atomic E-state index is 12.5. The first kappa shape index (κ1) is 22.5. The summed E-state index contributed by atoms with van der Waals surface area (Å²) in [6, 6.07) is 8.17. The maximum Gasteiger partial charge on any atom is 0.408 e. The molecule has 1 aromatic carbocycles. The standard InChI is InChI=1S/C20H29NO6/c1-6-15(17(22)25-5)12-16(21-19(24)27-20(2,3)4)18(23)26-13-14-10-8-7-9-11-14/h7-11,15-16H,6,12-13H2,1-5H3,(H,21,24). The van der Waals surface area contributed by atoms with Crippen LogP contribution in [0.3, 0.4) is 0 Å². The van der Waals surface area contributed by atoms with E-state index in [4.69, 9.17) is 14.2 Å². The van der Waals surface area contributed by atoms with Gasteiger partial charge in [-0.05, 0) is 39.2 Å². The lowest BCUT2D eigenvalue weighted by molar-refractivity contribution is -0.150. The quantitative estimate of drug-likeness (QED) is 0.551. The lowest BCUT2D eigenvalue weighted by Crippen LogP contribution is -2.45. The van der Waals surface area contributed by atoms with E-state index >= 15 is 0 Å². The molecular formula is C20H29NO6. The number of alkyl carbamates (subject to hydrolysis) is 1. The van der Waals surface area contributed by atoms with Crippen molar-refractivity contribution in [2.75, 3.05) is 7.11 Å². The molecule has 0 radical (unpaired) electrons. The number of nitrogens with one attached hydrogen (secondary N) is 1. The van der Waals surface area contributed by atoms with Crippen LogP contribution in [-0.2, 0) is 30.4 Å². The van der Waals surface area contributed by atoms with Crippen LogP contribution in [0.15, 0.2) is 30.3 Å². The molecule has 0 spiro atoms. The molecule has 0 aliphatic rings. The van der Waals surface area contributed by atoms with E-state index in [9.17, 15) is 14.4 Å². The van der Waals surface area contributed by atoms with Crippen molar-refractivity contribution >= 4 is 18.0 Å². The van der Waals surface area contributed by atoms with Crippen LogP contribution in [0.2, 0.25) is 0 Å². The number of carbonyl (C=O) groups excluding carboxylic acids is 3. The van der Waals surface area contributed by atoms with Crippen LogP contribution in [0, 0.1) is 5.92 Å². The summed E-state index contributed by atoms with van der Waals surface area (Å²) in [5.74, 6) is -1.62. The van der Waals surface area contributed by atoms with Crippen molar-refractivity contribution in [3.63, 3.8) is 0 Å². The van der Waals surface area contributed by atoms with Gasteiger partial charge in [0.25, 0.3) is 0 Å². The molecule has 2 unspecified atom stereocenters. The van der Waals surface area contributed by atoms with Gasteiger partial charge in [0.05, 0.1) is 13.0 Å². The van der Waals surface area contributed by atoms with Gasteiger partial charge in [0.1, 0.15) is 18.2 Å². The molecule has 0 aliphatic heterocycles. The Morgan fingerprint density at radius 1 is 1.07 bits per heavy atom. The molecule has 0 aromatic heterocycles. The monoisotopic (exact) mass is 379 g/mol. The van der Waals surface area contributed by atoms with Crippen molar-refractivity contribution in [1.29, 1.82) is 0 Å². The Bertz CT molecular complexity index is 623. The fraction of sp³-hybridized carbons (Fsp3) is 0.550. The zero-order valence-electron chi connectivity index (χ0n) is 16.6. The van der Waals surface area contributed by atoms with Crippen LogP contribution < -0.4 is 5.32 Å². The molecule has 0 bridgehead atoms. The van der Waals surface area contributed by atoms with Crippen LogP contribution in [0.1, 0.15) is 46.1 Å². The fourth-order valence-corrected chi connectivity index (χ4v) is 2.37. The molecule has 1 N–H and O–H groups in total. The summed E-state index contributed by atoms with van der Waals surface area (Å²) in [7, 11) is 1.29. The summed E-state index contributed by atoms with van der Waals surface area (Å²) >= 11 is 0. The Kier molecular flexibility index (Phi) is 8.78. The van der Waals surface area contributed by atoms with Gasteiger partial charge in [-0.2, -0.15) is 0 Å². The summed E-state index contributed by atoms with van der Waals surface area (Å²) in [5, 5.41) is 2.51. The van der Waals surface area contributed by atoms with Gasteiger partial charge in [0.2, 0.25) is 0 Å². The number of benzene rings is 1. The first-order valence-electron chi connectivity index (χ1n) is 8.94. The molecule has 1 aromatic rings. The van der Waals surface area contributed by atoms with Gasteiger partial charge < -0.3 is 19.5 Å². The third kappa shape index (κ3) is 8.57. The largest absolute Gasteiger partial charge is 0.469 e. The topological polar surface area (TPSA) is 90.9 Å². The van der Waals surface area contributed by atoms with E-state index in [1.54, 1.807) is 27.7 Å². The number of ether oxygens (including phenoxy) is 3. The number of methoxy groups -OCH3 is 1. The number of esters is 2. The number of carbonyl (C=O) groups is 3. The van der Waals surface area contributed by atoms with E-state index < -0.39 is 35.6 Å². The lowest BCUT2D eigenvalue weighted by atomic mass is 9.97. The zero-order valence-corrected chi connectivity index (χ0v) is 16.6. The Balaban J connectivity index is 2.82. The van der Waals surface area contributed by atoms with Crippen molar-refractivity contribution in [2.45, 2.75) is 58.8 Å². The molecule has 1 amide bonds. The third-order valence-corrected chi connectivity index (χ3v) is 3.75. The summed E-state index contributed by atoms with van der Waals surface area (Å²) in [6.45, 7) is 7.04. The van der Waals surface area contributed by atoms with Crippen LogP contribution in [-0.4, -0.2) is 36.8 Å². The van der Waals surface area contributed by atoms with Gasteiger partial charge in [-0.1, -0.05) is 37.3 Å². The third-order valence-electron chi connectivity index (χ3n) is 3.75. The van der Waals surface area contributed by atoms with E-state index in [0.29, 0.717) is 6.42 Å². The number of hydrogen-bond donors (Lipinski definition) is 1.